The van der Waals surface area contributed by atoms with Gasteiger partial charge in [0.1, 0.15) is 0 Å². The lowest BCUT2D eigenvalue weighted by molar-refractivity contribution is -0.137. The first-order valence-electron chi connectivity index (χ1n) is 9.78. The van der Waals surface area contributed by atoms with Crippen LogP contribution in [0.3, 0.4) is 0 Å². The van der Waals surface area contributed by atoms with Crippen molar-refractivity contribution in [1.82, 2.24) is 9.80 Å². The van der Waals surface area contributed by atoms with Crippen molar-refractivity contribution in [3.8, 4) is 0 Å². The SMILES string of the molecule is O=C(c1ccccc1)N1CCC2(CC1)SCCN2C(=O)c1ccc(C(F)(F)F)cc1. The highest BCUT2D eigenvalue weighted by molar-refractivity contribution is 8.00. The fraction of sp³-hybridized carbons (Fsp3) is 0.364. The number of rotatable bonds is 2. The van der Waals surface area contributed by atoms with Crippen molar-refractivity contribution in [3.63, 3.8) is 0 Å². The molecule has 0 atom stereocenters. The molecule has 0 saturated carbocycles. The Morgan fingerprint density at radius 3 is 2.03 bits per heavy atom. The van der Waals surface area contributed by atoms with E-state index in [1.807, 2.05) is 18.2 Å². The maximum absolute atomic E-state index is 13.1. The second-order valence-electron chi connectivity index (χ2n) is 7.48. The highest BCUT2D eigenvalue weighted by atomic mass is 32.2. The number of carbonyl (C=O) groups is 2. The minimum Gasteiger partial charge on any atom is -0.338 e. The standard InChI is InChI=1S/C22H21F3N2O2S/c23-22(24,25)18-8-6-17(7-9-18)20(29)27-14-15-30-21(27)10-12-26(13-11-21)19(28)16-4-2-1-3-5-16/h1-9H,10-15H2. The molecule has 0 aliphatic carbocycles. The number of hydrogen-bond acceptors (Lipinski definition) is 3. The summed E-state index contributed by atoms with van der Waals surface area (Å²) in [6, 6.07) is 13.5. The van der Waals surface area contributed by atoms with Crippen molar-refractivity contribution in [2.24, 2.45) is 0 Å². The smallest absolute Gasteiger partial charge is 0.338 e. The van der Waals surface area contributed by atoms with Gasteiger partial charge in [0.05, 0.1) is 10.4 Å². The van der Waals surface area contributed by atoms with Crippen LogP contribution in [-0.4, -0.2) is 51.9 Å². The molecule has 2 fully saturated rings. The normalized spacial score (nSPS) is 18.6. The van der Waals surface area contributed by atoms with E-state index in [-0.39, 0.29) is 17.4 Å². The molecule has 4 rings (SSSR count). The Kier molecular flexibility index (Phi) is 5.53. The number of halogens is 3. The molecule has 2 heterocycles. The van der Waals surface area contributed by atoms with Crippen LogP contribution in [0.25, 0.3) is 0 Å². The molecule has 4 nitrogen and oxygen atoms in total. The van der Waals surface area contributed by atoms with Gasteiger partial charge in [0.15, 0.2) is 0 Å². The predicted octanol–water partition coefficient (Wildman–Crippen LogP) is 4.53. The number of likely N-dealkylation sites (tertiary alicyclic amines) is 1. The van der Waals surface area contributed by atoms with E-state index in [1.165, 1.54) is 12.1 Å². The van der Waals surface area contributed by atoms with Crippen LogP contribution in [0.1, 0.15) is 39.1 Å². The summed E-state index contributed by atoms with van der Waals surface area (Å²) in [6.45, 7) is 1.63. The van der Waals surface area contributed by atoms with Crippen LogP contribution in [0.2, 0.25) is 0 Å². The van der Waals surface area contributed by atoms with Gasteiger partial charge in [0.25, 0.3) is 11.8 Å². The summed E-state index contributed by atoms with van der Waals surface area (Å²) in [5.41, 5.74) is 0.134. The number of benzene rings is 2. The van der Waals surface area contributed by atoms with Gasteiger partial charge in [-0.1, -0.05) is 18.2 Å². The molecule has 8 heteroatoms. The van der Waals surface area contributed by atoms with Crippen molar-refractivity contribution in [2.75, 3.05) is 25.4 Å². The van der Waals surface area contributed by atoms with Gasteiger partial charge in [-0.25, -0.2) is 0 Å². The third-order valence-electron chi connectivity index (χ3n) is 5.73. The number of thioether (sulfide) groups is 1. The molecule has 2 aliphatic heterocycles. The van der Waals surface area contributed by atoms with Crippen molar-refractivity contribution in [1.29, 1.82) is 0 Å². The molecule has 2 aromatic carbocycles. The molecule has 0 aromatic heterocycles. The fourth-order valence-electron chi connectivity index (χ4n) is 4.09. The van der Waals surface area contributed by atoms with Gasteiger partial charge in [-0.3, -0.25) is 9.59 Å². The van der Waals surface area contributed by atoms with Gasteiger partial charge in [0.2, 0.25) is 0 Å². The Labute approximate surface area is 177 Å². The second-order valence-corrected chi connectivity index (χ2v) is 8.94. The number of nitrogens with zero attached hydrogens (tertiary/aromatic N) is 2. The summed E-state index contributed by atoms with van der Waals surface area (Å²) >= 11 is 1.70. The van der Waals surface area contributed by atoms with Crippen LogP contribution >= 0.6 is 11.8 Å². The van der Waals surface area contributed by atoms with Crippen molar-refractivity contribution < 1.29 is 22.8 Å². The largest absolute Gasteiger partial charge is 0.416 e. The second kappa shape index (κ2) is 7.98. The van der Waals surface area contributed by atoms with Gasteiger partial charge in [0, 0.05) is 36.5 Å². The van der Waals surface area contributed by atoms with Crippen LogP contribution in [-0.2, 0) is 6.18 Å². The number of piperidine rings is 1. The zero-order chi connectivity index (χ0) is 21.4. The maximum atomic E-state index is 13.1. The minimum absolute atomic E-state index is 0.0194. The first kappa shape index (κ1) is 20.8. The summed E-state index contributed by atoms with van der Waals surface area (Å²) in [6.07, 6.45) is -3.14. The van der Waals surface area contributed by atoms with E-state index in [4.69, 9.17) is 0 Å². The van der Waals surface area contributed by atoms with E-state index >= 15 is 0 Å². The van der Waals surface area contributed by atoms with Gasteiger partial charge >= 0.3 is 6.18 Å². The third-order valence-corrected chi connectivity index (χ3v) is 7.29. The molecular weight excluding hydrogens is 413 g/mol. The minimum atomic E-state index is -4.43. The van der Waals surface area contributed by atoms with E-state index in [1.54, 1.807) is 33.7 Å². The molecule has 0 N–H and O–H groups in total. The zero-order valence-corrected chi connectivity index (χ0v) is 17.0. The molecular formula is C22H21F3N2O2S. The van der Waals surface area contributed by atoms with Crippen molar-refractivity contribution in [2.45, 2.75) is 23.9 Å². The summed E-state index contributed by atoms with van der Waals surface area (Å²) < 4.78 is 38.4. The van der Waals surface area contributed by atoms with Crippen LogP contribution < -0.4 is 0 Å². The summed E-state index contributed by atoms with van der Waals surface area (Å²) in [7, 11) is 0. The Bertz CT molecular complexity index is 924. The van der Waals surface area contributed by atoms with E-state index in [0.29, 0.717) is 38.0 Å². The number of carbonyl (C=O) groups excluding carboxylic acids is 2. The van der Waals surface area contributed by atoms with Crippen LogP contribution in [0, 0.1) is 0 Å². The van der Waals surface area contributed by atoms with Gasteiger partial charge in [-0.15, -0.1) is 11.8 Å². The monoisotopic (exact) mass is 434 g/mol. The summed E-state index contributed by atoms with van der Waals surface area (Å²) in [5.74, 6) is 0.504. The zero-order valence-electron chi connectivity index (χ0n) is 16.2. The molecule has 158 valence electrons. The Balaban J connectivity index is 1.46. The Hall–Kier alpha value is -2.48. The lowest BCUT2D eigenvalue weighted by Gasteiger charge is -2.44. The van der Waals surface area contributed by atoms with E-state index in [9.17, 15) is 22.8 Å². The molecule has 0 unspecified atom stereocenters. The molecule has 2 aliphatic rings. The number of amides is 2. The third kappa shape index (κ3) is 3.93. The average Bonchev–Trinajstić information content (AvgIpc) is 3.16. The quantitative estimate of drug-likeness (QED) is 0.698. The molecule has 2 saturated heterocycles. The van der Waals surface area contributed by atoms with Gasteiger partial charge < -0.3 is 9.80 Å². The van der Waals surface area contributed by atoms with E-state index in [0.717, 1.165) is 17.9 Å². The Morgan fingerprint density at radius 1 is 0.833 bits per heavy atom. The first-order valence-corrected chi connectivity index (χ1v) is 10.8. The average molecular weight is 434 g/mol. The number of alkyl halides is 3. The molecule has 2 amide bonds. The summed E-state index contributed by atoms with van der Waals surface area (Å²) in [5, 5.41) is 0. The van der Waals surface area contributed by atoms with Crippen LogP contribution in [0.15, 0.2) is 54.6 Å². The molecule has 2 aromatic rings. The van der Waals surface area contributed by atoms with Crippen molar-refractivity contribution in [3.05, 3.63) is 71.3 Å². The fourth-order valence-corrected chi connectivity index (χ4v) is 5.54. The highest BCUT2D eigenvalue weighted by Gasteiger charge is 2.47. The van der Waals surface area contributed by atoms with Crippen molar-refractivity contribution >= 4 is 23.6 Å². The summed E-state index contributed by atoms with van der Waals surface area (Å²) in [4.78, 5) is 28.9. The highest BCUT2D eigenvalue weighted by Crippen LogP contribution is 2.44. The molecule has 0 bridgehead atoms. The molecule has 1 spiro atoms. The van der Waals surface area contributed by atoms with E-state index in [2.05, 4.69) is 0 Å². The first-order chi connectivity index (χ1) is 14.3. The lowest BCUT2D eigenvalue weighted by Crippen LogP contribution is -2.53. The lowest BCUT2D eigenvalue weighted by atomic mass is 10.00. The maximum Gasteiger partial charge on any atom is 0.416 e. The van der Waals surface area contributed by atoms with Gasteiger partial charge in [-0.2, -0.15) is 13.2 Å². The molecule has 0 radical (unpaired) electrons. The van der Waals surface area contributed by atoms with Crippen LogP contribution in [0.5, 0.6) is 0 Å². The Morgan fingerprint density at radius 2 is 1.43 bits per heavy atom. The van der Waals surface area contributed by atoms with Gasteiger partial charge in [-0.05, 0) is 49.2 Å². The topological polar surface area (TPSA) is 40.6 Å². The van der Waals surface area contributed by atoms with E-state index < -0.39 is 16.6 Å². The predicted molar refractivity (Wildman–Crippen MR) is 109 cm³/mol. The number of hydrogen-bond donors (Lipinski definition) is 0. The van der Waals surface area contributed by atoms with Crippen LogP contribution in [0.4, 0.5) is 13.2 Å². The molecule has 30 heavy (non-hydrogen) atoms.